The summed E-state index contributed by atoms with van der Waals surface area (Å²) >= 11 is 0. The third-order valence-corrected chi connectivity index (χ3v) is 7.20. The zero-order chi connectivity index (χ0) is 19.1. The van der Waals surface area contributed by atoms with Gasteiger partial charge in [-0.05, 0) is 30.5 Å². The summed E-state index contributed by atoms with van der Waals surface area (Å²) in [5, 5.41) is 0. The van der Waals surface area contributed by atoms with E-state index in [0.29, 0.717) is 11.8 Å². The van der Waals surface area contributed by atoms with Gasteiger partial charge in [-0.3, -0.25) is 0 Å². The lowest BCUT2D eigenvalue weighted by molar-refractivity contribution is 0.0588. The molecule has 0 rings (SSSR count). The molecular formula is C22H46O2Si. The minimum Gasteiger partial charge on any atom is -0.391 e. The van der Waals surface area contributed by atoms with E-state index in [1.54, 1.807) is 0 Å². The first-order chi connectivity index (χ1) is 11.9. The van der Waals surface area contributed by atoms with E-state index in [1.807, 2.05) is 5.70 Å². The number of hydrogen-bond acceptors (Lipinski definition) is 2. The molecular weight excluding hydrogens is 324 g/mol. The third kappa shape index (κ3) is 12.8. The summed E-state index contributed by atoms with van der Waals surface area (Å²) in [6, 6.07) is 0. The van der Waals surface area contributed by atoms with Crippen LogP contribution in [0.1, 0.15) is 98.8 Å². The van der Waals surface area contributed by atoms with Crippen molar-refractivity contribution in [1.82, 2.24) is 0 Å². The second-order valence-electron chi connectivity index (χ2n) is 8.32. The van der Waals surface area contributed by atoms with E-state index >= 15 is 0 Å². The Hall–Kier alpha value is -0.123. The van der Waals surface area contributed by atoms with Crippen LogP contribution in [0.3, 0.4) is 0 Å². The highest BCUT2D eigenvalue weighted by Crippen LogP contribution is 2.23. The summed E-state index contributed by atoms with van der Waals surface area (Å²) in [6.45, 7) is 18.1. The van der Waals surface area contributed by atoms with Gasteiger partial charge in [0.05, 0.1) is 6.10 Å². The average molecular weight is 371 g/mol. The van der Waals surface area contributed by atoms with Gasteiger partial charge in [-0.15, -0.1) is 6.58 Å². The summed E-state index contributed by atoms with van der Waals surface area (Å²) in [6.07, 6.45) is 13.8. The van der Waals surface area contributed by atoms with Gasteiger partial charge in [-0.1, -0.05) is 92.4 Å². The minimum atomic E-state index is -2.24. The summed E-state index contributed by atoms with van der Waals surface area (Å²) in [7, 11) is -2.24. The van der Waals surface area contributed by atoms with Gasteiger partial charge in [0.25, 0.3) is 0 Å². The highest BCUT2D eigenvalue weighted by molar-refractivity contribution is 6.71. The van der Waals surface area contributed by atoms with E-state index < -0.39 is 8.56 Å². The van der Waals surface area contributed by atoms with Crippen LogP contribution in [0.2, 0.25) is 6.55 Å². The number of hydrogen-bond donors (Lipinski definition) is 0. The molecule has 0 aliphatic carbocycles. The van der Waals surface area contributed by atoms with Crippen molar-refractivity contribution in [1.29, 1.82) is 0 Å². The van der Waals surface area contributed by atoms with Crippen LogP contribution in [0.4, 0.5) is 0 Å². The maximum Gasteiger partial charge on any atom is 0.361 e. The van der Waals surface area contributed by atoms with Crippen LogP contribution < -0.4 is 0 Å². The molecule has 0 saturated carbocycles. The van der Waals surface area contributed by atoms with E-state index in [9.17, 15) is 0 Å². The van der Waals surface area contributed by atoms with Gasteiger partial charge >= 0.3 is 8.56 Å². The maximum atomic E-state index is 6.40. The molecule has 0 aliphatic rings. The molecule has 0 aromatic rings. The van der Waals surface area contributed by atoms with Gasteiger partial charge in [-0.25, -0.2) is 0 Å². The minimum absolute atomic E-state index is 0.252. The van der Waals surface area contributed by atoms with Crippen molar-refractivity contribution in [2.45, 2.75) is 111 Å². The normalized spacial score (nSPS) is 14.4. The molecule has 0 N–H and O–H groups in total. The van der Waals surface area contributed by atoms with Crippen LogP contribution in [0.15, 0.2) is 12.3 Å². The molecule has 0 heterocycles. The lowest BCUT2D eigenvalue weighted by Gasteiger charge is -2.33. The summed E-state index contributed by atoms with van der Waals surface area (Å²) < 4.78 is 12.6. The first-order valence-corrected chi connectivity index (χ1v) is 13.2. The Morgan fingerprint density at radius 2 is 1.24 bits per heavy atom. The van der Waals surface area contributed by atoms with E-state index in [-0.39, 0.29) is 6.10 Å². The lowest BCUT2D eigenvalue weighted by atomic mass is 9.97. The fraction of sp³-hybridized carbons (Fsp3) is 0.909. The number of rotatable bonds is 17. The van der Waals surface area contributed by atoms with Crippen molar-refractivity contribution in [3.8, 4) is 0 Å². The van der Waals surface area contributed by atoms with Crippen molar-refractivity contribution < 1.29 is 8.85 Å². The smallest absolute Gasteiger partial charge is 0.361 e. The van der Waals surface area contributed by atoms with Crippen LogP contribution in [0, 0.1) is 11.8 Å². The van der Waals surface area contributed by atoms with Crippen molar-refractivity contribution in [2.24, 2.45) is 11.8 Å². The molecule has 0 bridgehead atoms. The predicted molar refractivity (Wildman–Crippen MR) is 114 cm³/mol. The molecule has 0 aromatic carbocycles. The standard InChI is InChI=1S/C22H46O2Si/c1-8-10-11-12-13-14-15-16-17-18-19-23-25(7,9-2)24-22(20(3)4)21(5)6/h9,20-22H,2,8,10-19H2,1,3-7H3. The Balaban J connectivity index is 3.83. The van der Waals surface area contributed by atoms with Crippen LogP contribution in [0.5, 0.6) is 0 Å². The third-order valence-electron chi connectivity index (χ3n) is 4.94. The van der Waals surface area contributed by atoms with E-state index in [2.05, 4.69) is 47.7 Å². The second kappa shape index (κ2) is 15.0. The molecule has 0 aliphatic heterocycles. The molecule has 0 amide bonds. The fourth-order valence-corrected chi connectivity index (χ4v) is 5.23. The van der Waals surface area contributed by atoms with E-state index in [0.717, 1.165) is 13.0 Å². The number of unbranched alkanes of at least 4 members (excludes halogenated alkanes) is 9. The molecule has 1 unspecified atom stereocenters. The van der Waals surface area contributed by atoms with Crippen LogP contribution in [0.25, 0.3) is 0 Å². The van der Waals surface area contributed by atoms with Crippen LogP contribution >= 0.6 is 0 Å². The van der Waals surface area contributed by atoms with Gasteiger partial charge in [0.2, 0.25) is 0 Å². The SMILES string of the molecule is C=C[Si](C)(OCCCCCCCCCCCC)OC(C(C)C)C(C)C. The zero-order valence-electron chi connectivity index (χ0n) is 18.1. The maximum absolute atomic E-state index is 6.40. The Morgan fingerprint density at radius 1 is 0.800 bits per heavy atom. The lowest BCUT2D eigenvalue weighted by Crippen LogP contribution is -2.44. The van der Waals surface area contributed by atoms with Gasteiger partial charge in [-0.2, -0.15) is 0 Å². The summed E-state index contributed by atoms with van der Waals surface area (Å²) in [4.78, 5) is 0. The van der Waals surface area contributed by atoms with Gasteiger partial charge in [0, 0.05) is 6.61 Å². The Morgan fingerprint density at radius 3 is 1.64 bits per heavy atom. The second-order valence-corrected chi connectivity index (χ2v) is 11.3. The van der Waals surface area contributed by atoms with E-state index in [1.165, 1.54) is 57.8 Å². The van der Waals surface area contributed by atoms with Gasteiger partial charge < -0.3 is 8.85 Å². The molecule has 0 aromatic heterocycles. The molecule has 150 valence electrons. The van der Waals surface area contributed by atoms with Crippen LogP contribution in [-0.4, -0.2) is 21.3 Å². The van der Waals surface area contributed by atoms with Gasteiger partial charge in [0.15, 0.2) is 0 Å². The topological polar surface area (TPSA) is 18.5 Å². The van der Waals surface area contributed by atoms with Crippen molar-refractivity contribution in [3.63, 3.8) is 0 Å². The predicted octanol–water partition coefficient (Wildman–Crippen LogP) is 7.42. The first-order valence-electron chi connectivity index (χ1n) is 10.8. The molecule has 0 saturated heterocycles. The zero-order valence-corrected chi connectivity index (χ0v) is 19.1. The Bertz CT molecular complexity index is 309. The van der Waals surface area contributed by atoms with Gasteiger partial charge in [0.1, 0.15) is 0 Å². The van der Waals surface area contributed by atoms with E-state index in [4.69, 9.17) is 8.85 Å². The summed E-state index contributed by atoms with van der Waals surface area (Å²) in [5.74, 6) is 1.01. The highest BCUT2D eigenvalue weighted by atomic mass is 28.4. The highest BCUT2D eigenvalue weighted by Gasteiger charge is 2.33. The first kappa shape index (κ1) is 24.9. The van der Waals surface area contributed by atoms with Crippen molar-refractivity contribution in [3.05, 3.63) is 12.3 Å². The Labute approximate surface area is 160 Å². The molecule has 3 heteroatoms. The van der Waals surface area contributed by atoms with Crippen molar-refractivity contribution in [2.75, 3.05) is 6.61 Å². The molecule has 0 radical (unpaired) electrons. The van der Waals surface area contributed by atoms with Crippen LogP contribution in [-0.2, 0) is 8.85 Å². The molecule has 0 spiro atoms. The molecule has 2 nitrogen and oxygen atoms in total. The Kier molecular flexibility index (Phi) is 14.9. The summed E-state index contributed by atoms with van der Waals surface area (Å²) in [5.41, 5.74) is 1.95. The molecule has 25 heavy (non-hydrogen) atoms. The molecule has 1 atom stereocenters. The molecule has 0 fully saturated rings. The van der Waals surface area contributed by atoms with Crippen molar-refractivity contribution >= 4 is 8.56 Å². The largest absolute Gasteiger partial charge is 0.391 e. The average Bonchev–Trinajstić information content (AvgIpc) is 2.57. The fourth-order valence-electron chi connectivity index (χ4n) is 3.32. The quantitative estimate of drug-likeness (QED) is 0.196. The monoisotopic (exact) mass is 370 g/mol.